The fourth-order valence-corrected chi connectivity index (χ4v) is 0.859. The maximum Gasteiger partial charge on any atom is 0.246 e. The molecule has 0 rings (SSSR count). The van der Waals surface area contributed by atoms with E-state index in [1.165, 1.54) is 7.11 Å². The van der Waals surface area contributed by atoms with E-state index in [9.17, 15) is 4.79 Å². The van der Waals surface area contributed by atoms with Gasteiger partial charge in [0.1, 0.15) is 6.61 Å². The molecule has 1 atom stereocenters. The number of carbonyl (C=O) groups excluding carboxylic acids is 1. The zero-order valence-electron chi connectivity index (χ0n) is 8.36. The van der Waals surface area contributed by atoms with E-state index in [1.54, 1.807) is 0 Å². The number of nitrogens with one attached hydrogen (secondary N) is 1. The highest BCUT2D eigenvalue weighted by atomic mass is 16.5. The third kappa shape index (κ3) is 6.79. The van der Waals surface area contributed by atoms with E-state index in [0.717, 1.165) is 0 Å². The first-order valence-corrected chi connectivity index (χ1v) is 4.41. The van der Waals surface area contributed by atoms with Crippen LogP contribution in [0.4, 0.5) is 0 Å². The number of carbonyl (C=O) groups is 1. The fourth-order valence-electron chi connectivity index (χ4n) is 0.859. The highest BCUT2D eigenvalue weighted by molar-refractivity contribution is 5.77. The second kappa shape index (κ2) is 8.89. The molecule has 0 aromatic heterocycles. The Kier molecular flexibility index (Phi) is 8.45. The summed E-state index contributed by atoms with van der Waals surface area (Å²) in [6.45, 7) is 0.809. The SMILES string of the molecule is COCC(CO)NC(=O)COCCN. The number of aliphatic hydroxyl groups excluding tert-OH is 1. The van der Waals surface area contributed by atoms with Crippen molar-refractivity contribution in [3.63, 3.8) is 0 Å². The summed E-state index contributed by atoms with van der Waals surface area (Å²) < 4.78 is 9.69. The minimum Gasteiger partial charge on any atom is -0.394 e. The molecule has 0 aliphatic carbocycles. The van der Waals surface area contributed by atoms with Gasteiger partial charge in [-0.3, -0.25) is 4.79 Å². The molecule has 0 radical (unpaired) electrons. The van der Waals surface area contributed by atoms with Gasteiger partial charge < -0.3 is 25.6 Å². The second-order valence-corrected chi connectivity index (χ2v) is 2.74. The molecular weight excluding hydrogens is 188 g/mol. The van der Waals surface area contributed by atoms with E-state index < -0.39 is 0 Å². The lowest BCUT2D eigenvalue weighted by atomic mass is 10.3. The third-order valence-corrected chi connectivity index (χ3v) is 1.45. The lowest BCUT2D eigenvalue weighted by molar-refractivity contribution is -0.127. The van der Waals surface area contributed by atoms with Crippen LogP contribution in [0.3, 0.4) is 0 Å². The van der Waals surface area contributed by atoms with Crippen molar-refractivity contribution in [2.75, 3.05) is 40.1 Å². The van der Waals surface area contributed by atoms with Gasteiger partial charge in [-0.15, -0.1) is 0 Å². The van der Waals surface area contributed by atoms with Gasteiger partial charge in [-0.05, 0) is 0 Å². The van der Waals surface area contributed by atoms with Crippen LogP contribution in [0, 0.1) is 0 Å². The largest absolute Gasteiger partial charge is 0.394 e. The first kappa shape index (κ1) is 13.3. The van der Waals surface area contributed by atoms with Crippen molar-refractivity contribution in [1.29, 1.82) is 0 Å². The van der Waals surface area contributed by atoms with Gasteiger partial charge in [-0.1, -0.05) is 0 Å². The average Bonchev–Trinajstić information content (AvgIpc) is 2.17. The van der Waals surface area contributed by atoms with E-state index in [0.29, 0.717) is 13.2 Å². The lowest BCUT2D eigenvalue weighted by Gasteiger charge is -2.14. The van der Waals surface area contributed by atoms with Crippen LogP contribution in [-0.4, -0.2) is 57.1 Å². The Morgan fingerprint density at radius 2 is 2.36 bits per heavy atom. The zero-order chi connectivity index (χ0) is 10.8. The summed E-state index contributed by atoms with van der Waals surface area (Å²) in [5.41, 5.74) is 5.17. The minimum absolute atomic E-state index is 0.0442. The first-order chi connectivity index (χ1) is 6.74. The third-order valence-electron chi connectivity index (χ3n) is 1.45. The van der Waals surface area contributed by atoms with E-state index in [4.69, 9.17) is 20.3 Å². The summed E-state index contributed by atoms with van der Waals surface area (Å²) >= 11 is 0. The number of hydrogen-bond donors (Lipinski definition) is 3. The molecule has 0 aromatic rings. The second-order valence-electron chi connectivity index (χ2n) is 2.74. The predicted molar refractivity (Wildman–Crippen MR) is 50.8 cm³/mol. The van der Waals surface area contributed by atoms with Gasteiger partial charge in [-0.2, -0.15) is 0 Å². The van der Waals surface area contributed by atoms with Crippen LogP contribution in [0.1, 0.15) is 0 Å². The Balaban J connectivity index is 3.56. The molecule has 0 fully saturated rings. The van der Waals surface area contributed by atoms with Gasteiger partial charge in [0.15, 0.2) is 0 Å². The van der Waals surface area contributed by atoms with Crippen LogP contribution in [0.15, 0.2) is 0 Å². The molecule has 0 aliphatic rings. The van der Waals surface area contributed by atoms with Crippen molar-refractivity contribution in [3.05, 3.63) is 0 Å². The fraction of sp³-hybridized carbons (Fsp3) is 0.875. The Morgan fingerprint density at radius 3 is 2.86 bits per heavy atom. The first-order valence-electron chi connectivity index (χ1n) is 4.41. The van der Waals surface area contributed by atoms with Crippen LogP contribution in [0.2, 0.25) is 0 Å². The molecule has 0 heterocycles. The number of hydrogen-bond acceptors (Lipinski definition) is 5. The molecule has 0 saturated heterocycles. The van der Waals surface area contributed by atoms with Gasteiger partial charge in [0.05, 0.1) is 25.9 Å². The Labute approximate surface area is 83.4 Å². The summed E-state index contributed by atoms with van der Waals surface area (Å²) in [6, 6.07) is -0.381. The maximum absolute atomic E-state index is 11.1. The van der Waals surface area contributed by atoms with Gasteiger partial charge in [-0.25, -0.2) is 0 Å². The maximum atomic E-state index is 11.1. The van der Waals surface area contributed by atoms with Crippen LogP contribution in [0.25, 0.3) is 0 Å². The average molecular weight is 206 g/mol. The van der Waals surface area contributed by atoms with Gasteiger partial charge in [0.2, 0.25) is 5.91 Å². The molecule has 0 aliphatic heterocycles. The lowest BCUT2D eigenvalue weighted by Crippen LogP contribution is -2.42. The van der Waals surface area contributed by atoms with Crippen LogP contribution < -0.4 is 11.1 Å². The van der Waals surface area contributed by atoms with Crippen molar-refractivity contribution in [2.24, 2.45) is 5.73 Å². The number of amides is 1. The summed E-state index contributed by atoms with van der Waals surface area (Å²) in [5, 5.41) is 11.4. The van der Waals surface area contributed by atoms with E-state index in [1.807, 2.05) is 0 Å². The van der Waals surface area contributed by atoms with Crippen LogP contribution in [0.5, 0.6) is 0 Å². The van der Waals surface area contributed by atoms with E-state index in [-0.39, 0.29) is 31.8 Å². The van der Waals surface area contributed by atoms with Crippen molar-refractivity contribution in [2.45, 2.75) is 6.04 Å². The Morgan fingerprint density at radius 1 is 1.64 bits per heavy atom. The van der Waals surface area contributed by atoms with Crippen molar-refractivity contribution >= 4 is 5.91 Å². The van der Waals surface area contributed by atoms with Gasteiger partial charge >= 0.3 is 0 Å². The minimum atomic E-state index is -0.381. The summed E-state index contributed by atoms with van der Waals surface area (Å²) in [7, 11) is 1.50. The monoisotopic (exact) mass is 206 g/mol. The summed E-state index contributed by atoms with van der Waals surface area (Å²) in [6.07, 6.45) is 0. The molecule has 1 unspecified atom stereocenters. The molecule has 1 amide bonds. The number of rotatable bonds is 8. The summed E-state index contributed by atoms with van der Waals surface area (Å²) in [5.74, 6) is -0.283. The highest BCUT2D eigenvalue weighted by Crippen LogP contribution is 1.84. The normalized spacial score (nSPS) is 12.5. The molecule has 0 aromatic carbocycles. The van der Waals surface area contributed by atoms with Crippen LogP contribution >= 0.6 is 0 Å². The molecule has 14 heavy (non-hydrogen) atoms. The van der Waals surface area contributed by atoms with Gasteiger partial charge in [0.25, 0.3) is 0 Å². The topological polar surface area (TPSA) is 93.8 Å². The smallest absolute Gasteiger partial charge is 0.246 e. The summed E-state index contributed by atoms with van der Waals surface area (Å²) in [4.78, 5) is 11.1. The molecule has 0 saturated carbocycles. The number of aliphatic hydroxyl groups is 1. The van der Waals surface area contributed by atoms with E-state index >= 15 is 0 Å². The molecule has 0 bridgehead atoms. The van der Waals surface area contributed by atoms with Crippen molar-refractivity contribution < 1.29 is 19.4 Å². The number of methoxy groups -OCH3 is 1. The number of ether oxygens (including phenoxy) is 2. The van der Waals surface area contributed by atoms with Gasteiger partial charge in [0, 0.05) is 13.7 Å². The molecule has 84 valence electrons. The van der Waals surface area contributed by atoms with Crippen molar-refractivity contribution in [3.8, 4) is 0 Å². The number of nitrogens with two attached hydrogens (primary N) is 1. The quantitative estimate of drug-likeness (QED) is 0.403. The standard InChI is InChI=1S/C8H18N2O4/c1-13-5-7(4-11)10-8(12)6-14-3-2-9/h7,11H,2-6,9H2,1H3,(H,10,12). The molecule has 4 N–H and O–H groups in total. The van der Waals surface area contributed by atoms with Crippen LogP contribution in [-0.2, 0) is 14.3 Å². The highest BCUT2D eigenvalue weighted by Gasteiger charge is 2.10. The molecule has 6 nitrogen and oxygen atoms in total. The van der Waals surface area contributed by atoms with E-state index in [2.05, 4.69) is 5.32 Å². The van der Waals surface area contributed by atoms with Crippen molar-refractivity contribution in [1.82, 2.24) is 5.32 Å². The molecule has 6 heteroatoms. The Bertz CT molecular complexity index is 154. The molecule has 0 spiro atoms. The molecular formula is C8H18N2O4. The zero-order valence-corrected chi connectivity index (χ0v) is 8.36. The predicted octanol–water partition coefficient (Wildman–Crippen LogP) is -1.91. The Hall–Kier alpha value is -0.690.